The Bertz CT molecular complexity index is 879. The maximum atomic E-state index is 13.5. The van der Waals surface area contributed by atoms with Crippen LogP contribution in [0.1, 0.15) is 18.4 Å². The van der Waals surface area contributed by atoms with Gasteiger partial charge in [0.2, 0.25) is 11.8 Å². The van der Waals surface area contributed by atoms with Crippen molar-refractivity contribution in [3.63, 3.8) is 0 Å². The minimum Gasteiger partial charge on any atom is -0.320 e. The molecule has 2 amide bonds. The predicted molar refractivity (Wildman–Crippen MR) is 92.0 cm³/mol. The second-order valence-electron chi connectivity index (χ2n) is 5.79. The van der Waals surface area contributed by atoms with E-state index in [2.05, 4.69) is 5.32 Å². The lowest BCUT2D eigenvalue weighted by atomic mass is 10.2. The molecule has 0 bridgehead atoms. The molecule has 1 saturated heterocycles. The van der Waals surface area contributed by atoms with Crippen LogP contribution in [0.5, 0.6) is 0 Å². The summed E-state index contributed by atoms with van der Waals surface area (Å²) >= 11 is 0. The molecule has 0 atom stereocenters. The van der Waals surface area contributed by atoms with E-state index in [9.17, 15) is 22.8 Å². The van der Waals surface area contributed by atoms with Crippen molar-refractivity contribution in [1.82, 2.24) is 0 Å². The van der Waals surface area contributed by atoms with Gasteiger partial charge in [-0.2, -0.15) is 0 Å². The Balaban J connectivity index is 1.65. The molecule has 0 spiro atoms. The molecular formula is C19H15F3N2O2. The number of hydrogen-bond donors (Lipinski definition) is 1. The molecule has 26 heavy (non-hydrogen) atoms. The number of anilines is 2. The van der Waals surface area contributed by atoms with Crippen molar-refractivity contribution in [2.45, 2.75) is 12.8 Å². The highest BCUT2D eigenvalue weighted by Crippen LogP contribution is 2.22. The first kappa shape index (κ1) is 17.7. The third-order valence-corrected chi connectivity index (χ3v) is 4.00. The normalized spacial score (nSPS) is 14.3. The van der Waals surface area contributed by atoms with Crippen LogP contribution < -0.4 is 10.2 Å². The van der Waals surface area contributed by atoms with Gasteiger partial charge in [0.25, 0.3) is 0 Å². The minimum absolute atomic E-state index is 0.0845. The van der Waals surface area contributed by atoms with Gasteiger partial charge < -0.3 is 10.2 Å². The number of halogens is 3. The van der Waals surface area contributed by atoms with E-state index in [1.54, 1.807) is 29.2 Å². The molecule has 0 saturated carbocycles. The largest absolute Gasteiger partial charge is 0.320 e. The number of carbonyl (C=O) groups excluding carboxylic acids is 2. The Morgan fingerprint density at radius 3 is 2.42 bits per heavy atom. The van der Waals surface area contributed by atoms with Gasteiger partial charge in [0.15, 0.2) is 17.5 Å². The van der Waals surface area contributed by atoms with Crippen molar-refractivity contribution in [2.75, 3.05) is 16.8 Å². The highest BCUT2D eigenvalue weighted by molar-refractivity contribution is 6.02. The summed E-state index contributed by atoms with van der Waals surface area (Å²) in [5.74, 6) is -5.02. The van der Waals surface area contributed by atoms with Gasteiger partial charge in [-0.25, -0.2) is 13.2 Å². The predicted octanol–water partition coefficient (Wildman–Crippen LogP) is 3.88. The van der Waals surface area contributed by atoms with Crippen LogP contribution in [0.15, 0.2) is 42.5 Å². The van der Waals surface area contributed by atoms with Gasteiger partial charge in [0.05, 0.1) is 5.69 Å². The molecule has 1 aliphatic heterocycles. The van der Waals surface area contributed by atoms with E-state index in [4.69, 9.17) is 0 Å². The van der Waals surface area contributed by atoms with Crippen molar-refractivity contribution in [3.8, 4) is 0 Å². The van der Waals surface area contributed by atoms with Crippen LogP contribution in [0, 0.1) is 17.5 Å². The number of hydrogen-bond acceptors (Lipinski definition) is 2. The van der Waals surface area contributed by atoms with Crippen LogP contribution in [-0.4, -0.2) is 18.4 Å². The first-order valence-electron chi connectivity index (χ1n) is 7.98. The number of amides is 2. The van der Waals surface area contributed by atoms with Crippen LogP contribution in [0.4, 0.5) is 24.5 Å². The third-order valence-electron chi connectivity index (χ3n) is 4.00. The van der Waals surface area contributed by atoms with Gasteiger partial charge in [-0.05, 0) is 42.3 Å². The van der Waals surface area contributed by atoms with E-state index in [1.807, 2.05) is 0 Å². The summed E-state index contributed by atoms with van der Waals surface area (Å²) in [6.45, 7) is 0.691. The second kappa shape index (κ2) is 7.43. The molecule has 0 aromatic heterocycles. The summed E-state index contributed by atoms with van der Waals surface area (Å²) in [4.78, 5) is 25.2. The molecule has 2 aromatic rings. The summed E-state index contributed by atoms with van der Waals surface area (Å²) in [7, 11) is 0. The molecule has 1 fully saturated rings. The number of nitrogens with one attached hydrogen (secondary N) is 1. The fraction of sp³-hybridized carbons (Fsp3) is 0.158. The highest BCUT2D eigenvalue weighted by atomic mass is 19.2. The summed E-state index contributed by atoms with van der Waals surface area (Å²) in [5, 5.41) is 2.15. The fourth-order valence-electron chi connectivity index (χ4n) is 2.66. The van der Waals surface area contributed by atoms with E-state index in [0.29, 0.717) is 18.5 Å². The van der Waals surface area contributed by atoms with Gasteiger partial charge in [-0.15, -0.1) is 0 Å². The number of rotatable bonds is 4. The molecular weight excluding hydrogens is 345 g/mol. The molecule has 1 aliphatic rings. The lowest BCUT2D eigenvalue weighted by Crippen LogP contribution is -2.23. The highest BCUT2D eigenvalue weighted by Gasteiger charge is 2.21. The van der Waals surface area contributed by atoms with Crippen molar-refractivity contribution in [3.05, 3.63) is 65.5 Å². The maximum Gasteiger partial charge on any atom is 0.248 e. The van der Waals surface area contributed by atoms with Gasteiger partial charge in [-0.1, -0.05) is 12.1 Å². The van der Waals surface area contributed by atoms with E-state index in [0.717, 1.165) is 30.3 Å². The number of nitrogens with zero attached hydrogens (tertiary/aromatic N) is 1. The van der Waals surface area contributed by atoms with Gasteiger partial charge in [0.1, 0.15) is 0 Å². The van der Waals surface area contributed by atoms with E-state index in [1.165, 1.54) is 6.08 Å². The van der Waals surface area contributed by atoms with Crippen molar-refractivity contribution in [2.24, 2.45) is 0 Å². The van der Waals surface area contributed by atoms with Crippen LogP contribution >= 0.6 is 0 Å². The van der Waals surface area contributed by atoms with Crippen molar-refractivity contribution < 1.29 is 22.8 Å². The zero-order valence-corrected chi connectivity index (χ0v) is 13.6. The fourth-order valence-corrected chi connectivity index (χ4v) is 2.66. The molecule has 0 aliphatic carbocycles. The van der Waals surface area contributed by atoms with Crippen molar-refractivity contribution >= 4 is 29.3 Å². The lowest BCUT2D eigenvalue weighted by molar-refractivity contribution is -0.117. The molecule has 0 unspecified atom stereocenters. The summed E-state index contributed by atoms with van der Waals surface area (Å²) in [5.41, 5.74) is 1.04. The Kier molecular flexibility index (Phi) is 5.06. The van der Waals surface area contributed by atoms with E-state index < -0.39 is 29.0 Å². The van der Waals surface area contributed by atoms with Gasteiger partial charge in [0, 0.05) is 24.7 Å². The Morgan fingerprint density at radius 2 is 1.77 bits per heavy atom. The Labute approximate surface area is 147 Å². The molecule has 2 aromatic carbocycles. The standard InChI is InChI=1S/C19H15F3N2O2/c20-14-8-9-15(19(22)18(14)21)23-16(25)10-5-12-3-6-13(7-4-12)24-11-1-2-17(24)26/h3-10H,1-2,11H2,(H,23,25). The SMILES string of the molecule is O=C(C=Cc1ccc(N2CCCC2=O)cc1)Nc1ccc(F)c(F)c1F. The third kappa shape index (κ3) is 3.77. The molecule has 7 heteroatoms. The Morgan fingerprint density at radius 1 is 1.04 bits per heavy atom. The quantitative estimate of drug-likeness (QED) is 0.664. The van der Waals surface area contributed by atoms with Crippen LogP contribution in [0.3, 0.4) is 0 Å². The maximum absolute atomic E-state index is 13.5. The smallest absolute Gasteiger partial charge is 0.248 e. The summed E-state index contributed by atoms with van der Waals surface area (Å²) in [6, 6.07) is 8.70. The molecule has 3 rings (SSSR count). The molecule has 134 valence electrons. The molecule has 0 radical (unpaired) electrons. The first-order chi connectivity index (χ1) is 12.5. The zero-order valence-electron chi connectivity index (χ0n) is 13.6. The second-order valence-corrected chi connectivity index (χ2v) is 5.79. The molecule has 1 heterocycles. The van der Waals surface area contributed by atoms with E-state index in [-0.39, 0.29) is 5.91 Å². The summed E-state index contributed by atoms with van der Waals surface area (Å²) in [6.07, 6.45) is 4.02. The van der Waals surface area contributed by atoms with Gasteiger partial charge in [-0.3, -0.25) is 9.59 Å². The Hall–Kier alpha value is -3.09. The minimum atomic E-state index is -1.64. The van der Waals surface area contributed by atoms with Crippen molar-refractivity contribution in [1.29, 1.82) is 0 Å². The van der Waals surface area contributed by atoms with Crippen LogP contribution in [0.2, 0.25) is 0 Å². The molecule has 4 nitrogen and oxygen atoms in total. The average molecular weight is 360 g/mol. The van der Waals surface area contributed by atoms with Crippen LogP contribution in [0.25, 0.3) is 6.08 Å². The summed E-state index contributed by atoms with van der Waals surface area (Å²) < 4.78 is 39.5. The number of benzene rings is 2. The topological polar surface area (TPSA) is 49.4 Å². The molecule has 1 N–H and O–H groups in total. The van der Waals surface area contributed by atoms with E-state index >= 15 is 0 Å². The van der Waals surface area contributed by atoms with Crippen LogP contribution in [-0.2, 0) is 9.59 Å². The lowest BCUT2D eigenvalue weighted by Gasteiger charge is -2.15. The monoisotopic (exact) mass is 360 g/mol. The number of carbonyl (C=O) groups is 2. The zero-order chi connectivity index (χ0) is 18.7. The first-order valence-corrected chi connectivity index (χ1v) is 7.98. The average Bonchev–Trinajstić information content (AvgIpc) is 3.07. The van der Waals surface area contributed by atoms with Gasteiger partial charge >= 0.3 is 0 Å².